The first kappa shape index (κ1) is 26.7. The van der Waals surface area contributed by atoms with E-state index >= 15 is 0 Å². The zero-order valence-corrected chi connectivity index (χ0v) is 21.9. The van der Waals surface area contributed by atoms with Crippen LogP contribution in [-0.2, 0) is 9.47 Å². The summed E-state index contributed by atoms with van der Waals surface area (Å²) in [5.41, 5.74) is 2.33. The average Bonchev–Trinajstić information content (AvgIpc) is 3.20. The summed E-state index contributed by atoms with van der Waals surface area (Å²) in [4.78, 5) is 19.4. The van der Waals surface area contributed by atoms with Crippen LogP contribution in [0.5, 0.6) is 0 Å². The summed E-state index contributed by atoms with van der Waals surface area (Å²) >= 11 is 0. The van der Waals surface area contributed by atoms with Crippen LogP contribution in [0.2, 0.25) is 0 Å². The van der Waals surface area contributed by atoms with Gasteiger partial charge in [-0.05, 0) is 65.4 Å². The molecular formula is C26H37F3N4O3. The van der Waals surface area contributed by atoms with Crippen molar-refractivity contribution >= 4 is 11.7 Å². The number of carbonyl (C=O) groups is 1. The van der Waals surface area contributed by atoms with Crippen molar-refractivity contribution in [1.82, 2.24) is 19.5 Å². The number of amides is 1. The third-order valence-corrected chi connectivity index (χ3v) is 7.17. The maximum atomic E-state index is 13.1. The number of halogens is 3. The van der Waals surface area contributed by atoms with Gasteiger partial charge in [0.15, 0.2) is 5.65 Å². The number of fused-ring (bicyclic) bond motifs is 1. The fourth-order valence-electron chi connectivity index (χ4n) is 5.23. The second-order valence-corrected chi connectivity index (χ2v) is 11.5. The molecule has 4 rings (SSSR count). The maximum absolute atomic E-state index is 13.1. The molecule has 2 aromatic heterocycles. The molecule has 1 aliphatic carbocycles. The standard InChI is InChI=1S/C26H37F3N4O3/c1-15(2)21-14-35-22(13-32(21)24(34)36-25(4,5)6)20-11-16(3)30-23-12-19(31-33(20)23)17-7-9-18(10-8-17)26(27,28)29/h11-12,15,17-18,21-22H,7-10,13-14H2,1-6H3/t17?,18?,21-,22-/m1/s1. The number of alkyl halides is 3. The number of carbonyl (C=O) groups excluding carboxylic acids is 1. The lowest BCUT2D eigenvalue weighted by Gasteiger charge is -2.42. The third-order valence-electron chi connectivity index (χ3n) is 7.17. The van der Waals surface area contributed by atoms with Crippen LogP contribution >= 0.6 is 0 Å². The van der Waals surface area contributed by atoms with Crippen molar-refractivity contribution in [2.24, 2.45) is 11.8 Å². The fraction of sp³-hybridized carbons (Fsp3) is 0.731. The first-order valence-electron chi connectivity index (χ1n) is 12.8. The van der Waals surface area contributed by atoms with Crippen molar-refractivity contribution in [3.8, 4) is 0 Å². The zero-order valence-electron chi connectivity index (χ0n) is 21.9. The molecule has 1 saturated heterocycles. The molecule has 2 aromatic rings. The van der Waals surface area contributed by atoms with Crippen molar-refractivity contribution in [2.45, 2.75) is 97.1 Å². The van der Waals surface area contributed by atoms with E-state index in [1.54, 1.807) is 9.42 Å². The number of aryl methyl sites for hydroxylation is 1. The Bertz CT molecular complexity index is 1080. The second kappa shape index (κ2) is 9.84. The van der Waals surface area contributed by atoms with Crippen LogP contribution in [0.1, 0.15) is 89.4 Å². The van der Waals surface area contributed by atoms with Crippen molar-refractivity contribution in [3.63, 3.8) is 0 Å². The normalized spacial score (nSPS) is 26.0. The quantitative estimate of drug-likeness (QED) is 0.491. The number of hydrogen-bond acceptors (Lipinski definition) is 5. The van der Waals surface area contributed by atoms with Gasteiger partial charge in [0.05, 0.1) is 36.5 Å². The van der Waals surface area contributed by atoms with Crippen LogP contribution < -0.4 is 0 Å². The topological polar surface area (TPSA) is 69.0 Å². The first-order valence-corrected chi connectivity index (χ1v) is 12.8. The van der Waals surface area contributed by atoms with Gasteiger partial charge < -0.3 is 9.47 Å². The van der Waals surface area contributed by atoms with Gasteiger partial charge in [-0.1, -0.05) is 13.8 Å². The predicted molar refractivity (Wildman–Crippen MR) is 129 cm³/mol. The number of ether oxygens (including phenoxy) is 2. The van der Waals surface area contributed by atoms with Gasteiger partial charge in [-0.3, -0.25) is 4.90 Å². The Hall–Kier alpha value is -2.36. The minimum atomic E-state index is -4.14. The Morgan fingerprint density at radius 1 is 1.14 bits per heavy atom. The highest BCUT2D eigenvalue weighted by Crippen LogP contribution is 2.43. The van der Waals surface area contributed by atoms with Gasteiger partial charge in [0.2, 0.25) is 0 Å². The number of nitrogens with zero attached hydrogens (tertiary/aromatic N) is 4. The molecule has 7 nitrogen and oxygen atoms in total. The molecule has 0 radical (unpaired) electrons. The van der Waals surface area contributed by atoms with Crippen molar-refractivity contribution in [2.75, 3.05) is 13.2 Å². The summed E-state index contributed by atoms with van der Waals surface area (Å²) in [5, 5.41) is 4.78. The van der Waals surface area contributed by atoms with E-state index in [9.17, 15) is 18.0 Å². The zero-order chi connectivity index (χ0) is 26.4. The van der Waals surface area contributed by atoms with Crippen molar-refractivity contribution in [3.05, 3.63) is 29.2 Å². The second-order valence-electron chi connectivity index (χ2n) is 11.5. The summed E-state index contributed by atoms with van der Waals surface area (Å²) in [6.07, 6.45) is -3.81. The van der Waals surface area contributed by atoms with E-state index in [0.717, 1.165) is 17.1 Å². The van der Waals surface area contributed by atoms with Crippen LogP contribution in [0.3, 0.4) is 0 Å². The summed E-state index contributed by atoms with van der Waals surface area (Å²) in [5.74, 6) is -1.08. The van der Waals surface area contributed by atoms with E-state index in [1.165, 1.54) is 0 Å². The molecule has 2 atom stereocenters. The summed E-state index contributed by atoms with van der Waals surface area (Å²) < 4.78 is 53.0. The lowest BCUT2D eigenvalue weighted by Crippen LogP contribution is -2.53. The van der Waals surface area contributed by atoms with E-state index in [4.69, 9.17) is 14.6 Å². The molecule has 0 spiro atoms. The fourth-order valence-corrected chi connectivity index (χ4v) is 5.23. The highest BCUT2D eigenvalue weighted by Gasteiger charge is 2.42. The van der Waals surface area contributed by atoms with E-state index in [2.05, 4.69) is 4.98 Å². The van der Waals surface area contributed by atoms with Gasteiger partial charge >= 0.3 is 12.3 Å². The van der Waals surface area contributed by atoms with Crippen molar-refractivity contribution < 1.29 is 27.4 Å². The van der Waals surface area contributed by atoms with Gasteiger partial charge in [0.25, 0.3) is 0 Å². The molecule has 1 saturated carbocycles. The molecule has 2 fully saturated rings. The molecule has 0 N–H and O–H groups in total. The predicted octanol–water partition coefficient (Wildman–Crippen LogP) is 6.21. The average molecular weight is 511 g/mol. The highest BCUT2D eigenvalue weighted by molar-refractivity contribution is 5.69. The third kappa shape index (κ3) is 5.79. The smallest absolute Gasteiger partial charge is 0.410 e. The molecule has 200 valence electrons. The van der Waals surface area contributed by atoms with Crippen LogP contribution in [0.15, 0.2) is 12.1 Å². The van der Waals surface area contributed by atoms with Gasteiger partial charge in [-0.2, -0.15) is 18.3 Å². The Labute approximate surface area is 210 Å². The molecule has 10 heteroatoms. The largest absolute Gasteiger partial charge is 0.444 e. The summed E-state index contributed by atoms with van der Waals surface area (Å²) in [7, 11) is 0. The van der Waals surface area contributed by atoms with E-state index < -0.39 is 23.8 Å². The summed E-state index contributed by atoms with van der Waals surface area (Å²) in [6.45, 7) is 12.2. The van der Waals surface area contributed by atoms with Crippen molar-refractivity contribution in [1.29, 1.82) is 0 Å². The van der Waals surface area contributed by atoms with E-state index in [1.807, 2.05) is 53.7 Å². The SMILES string of the molecule is Cc1cc([C@H]2CN(C(=O)OC(C)(C)C)[C@@H](C(C)C)CO2)n2nc(C3CCC(C(F)(F)F)CC3)cc2n1. The van der Waals surface area contributed by atoms with Gasteiger partial charge in [-0.15, -0.1) is 0 Å². The Morgan fingerprint density at radius 2 is 1.81 bits per heavy atom. The van der Waals surface area contributed by atoms with Crippen LogP contribution in [0.25, 0.3) is 5.65 Å². The van der Waals surface area contributed by atoms with Crippen LogP contribution in [0, 0.1) is 18.8 Å². The van der Waals surface area contributed by atoms with Gasteiger partial charge in [0.1, 0.15) is 11.7 Å². The Kier molecular flexibility index (Phi) is 7.29. The molecule has 0 unspecified atom stereocenters. The number of aromatic nitrogens is 3. The van der Waals surface area contributed by atoms with E-state index in [-0.39, 0.29) is 36.8 Å². The molecule has 2 aliphatic rings. The monoisotopic (exact) mass is 510 g/mol. The molecule has 36 heavy (non-hydrogen) atoms. The first-order chi connectivity index (χ1) is 16.7. The molecule has 0 bridgehead atoms. The van der Waals surface area contributed by atoms with Gasteiger partial charge in [0, 0.05) is 17.7 Å². The minimum absolute atomic E-state index is 0.0330. The number of rotatable bonds is 3. The minimum Gasteiger partial charge on any atom is -0.444 e. The lowest BCUT2D eigenvalue weighted by molar-refractivity contribution is -0.182. The number of hydrogen-bond donors (Lipinski definition) is 0. The van der Waals surface area contributed by atoms with Crippen LogP contribution in [-0.4, -0.2) is 56.6 Å². The molecule has 1 amide bonds. The lowest BCUT2D eigenvalue weighted by atomic mass is 9.80. The number of morpholine rings is 1. The highest BCUT2D eigenvalue weighted by atomic mass is 19.4. The molecule has 3 heterocycles. The van der Waals surface area contributed by atoms with Gasteiger partial charge in [-0.25, -0.2) is 14.3 Å². The molecule has 1 aliphatic heterocycles. The maximum Gasteiger partial charge on any atom is 0.410 e. The summed E-state index contributed by atoms with van der Waals surface area (Å²) in [6, 6.07) is 3.66. The Morgan fingerprint density at radius 3 is 2.39 bits per heavy atom. The van der Waals surface area contributed by atoms with E-state index in [0.29, 0.717) is 31.6 Å². The van der Waals surface area contributed by atoms with Crippen LogP contribution in [0.4, 0.5) is 18.0 Å². The molecule has 0 aromatic carbocycles. The molecular weight excluding hydrogens is 473 g/mol. The Balaban J connectivity index is 1.60.